The molecular formula is C22H21NO6S. The molecule has 0 aliphatic heterocycles. The fourth-order valence-electron chi connectivity index (χ4n) is 2.99. The van der Waals surface area contributed by atoms with E-state index in [9.17, 15) is 23.1 Å². The van der Waals surface area contributed by atoms with Gasteiger partial charge in [-0.05, 0) is 51.1 Å². The molecule has 2 aromatic carbocycles. The molecule has 0 radical (unpaired) electrons. The van der Waals surface area contributed by atoms with Crippen LogP contribution in [0, 0.1) is 0 Å². The van der Waals surface area contributed by atoms with Gasteiger partial charge in [0.15, 0.2) is 5.78 Å². The van der Waals surface area contributed by atoms with Gasteiger partial charge in [0.05, 0.1) is 22.1 Å². The van der Waals surface area contributed by atoms with Crippen LogP contribution >= 0.6 is 0 Å². The number of hydrogen-bond acceptors (Lipinski definition) is 6. The highest BCUT2D eigenvalue weighted by Crippen LogP contribution is 2.30. The number of allylic oxidation sites excluding steroid dienone is 1. The number of carbonyl (C=O) groups is 2. The summed E-state index contributed by atoms with van der Waals surface area (Å²) < 4.78 is 32.6. The lowest BCUT2D eigenvalue weighted by atomic mass is 10.1. The van der Waals surface area contributed by atoms with Gasteiger partial charge in [-0.3, -0.25) is 4.79 Å². The van der Waals surface area contributed by atoms with Gasteiger partial charge in [-0.2, -0.15) is 0 Å². The third-order valence-electron chi connectivity index (χ3n) is 4.26. The Morgan fingerprint density at radius 1 is 1.10 bits per heavy atom. The Morgan fingerprint density at radius 2 is 1.77 bits per heavy atom. The third kappa shape index (κ3) is 4.13. The zero-order valence-electron chi connectivity index (χ0n) is 16.7. The van der Waals surface area contributed by atoms with E-state index in [0.29, 0.717) is 5.39 Å². The van der Waals surface area contributed by atoms with Gasteiger partial charge in [0.1, 0.15) is 5.76 Å². The number of aromatic nitrogens is 1. The van der Waals surface area contributed by atoms with E-state index in [2.05, 4.69) is 0 Å². The number of aliphatic hydroxyl groups is 1. The van der Waals surface area contributed by atoms with Gasteiger partial charge in [-0.15, -0.1) is 0 Å². The van der Waals surface area contributed by atoms with Crippen LogP contribution in [0.4, 0.5) is 0 Å². The minimum absolute atomic E-state index is 0.0618. The molecule has 8 heteroatoms. The van der Waals surface area contributed by atoms with E-state index in [1.807, 2.05) is 0 Å². The van der Waals surface area contributed by atoms with Gasteiger partial charge in [-0.25, -0.2) is 17.2 Å². The zero-order chi connectivity index (χ0) is 22.1. The SMILES string of the molecule is CC(=O)C=C(O)c1cn(S(=O)(=O)c2ccccc2)c2ccc(C(=O)OC(C)C)cc12. The average molecular weight is 427 g/mol. The molecule has 0 bridgehead atoms. The van der Waals surface area contributed by atoms with Crippen molar-refractivity contribution < 1.29 is 27.9 Å². The summed E-state index contributed by atoms with van der Waals surface area (Å²) in [5, 5.41) is 10.7. The predicted molar refractivity (Wildman–Crippen MR) is 113 cm³/mol. The number of rotatable bonds is 6. The second-order valence-corrected chi connectivity index (χ2v) is 8.80. The summed E-state index contributed by atoms with van der Waals surface area (Å²) in [5.74, 6) is -1.38. The Kier molecular flexibility index (Phi) is 5.80. The number of ketones is 1. The molecule has 7 nitrogen and oxygen atoms in total. The molecule has 1 N–H and O–H groups in total. The van der Waals surface area contributed by atoms with Crippen molar-refractivity contribution in [2.75, 3.05) is 0 Å². The van der Waals surface area contributed by atoms with E-state index in [1.165, 1.54) is 43.5 Å². The second kappa shape index (κ2) is 8.16. The number of nitrogens with zero attached hydrogens (tertiary/aromatic N) is 1. The smallest absolute Gasteiger partial charge is 0.338 e. The molecule has 0 aliphatic rings. The number of esters is 1. The highest BCUT2D eigenvalue weighted by molar-refractivity contribution is 7.90. The van der Waals surface area contributed by atoms with Crippen LogP contribution in [0.25, 0.3) is 16.7 Å². The van der Waals surface area contributed by atoms with Gasteiger partial charge >= 0.3 is 5.97 Å². The molecule has 0 atom stereocenters. The maximum absolute atomic E-state index is 13.2. The predicted octanol–water partition coefficient (Wildman–Crippen LogP) is 3.93. The molecule has 0 amide bonds. The van der Waals surface area contributed by atoms with Crippen molar-refractivity contribution in [1.82, 2.24) is 3.97 Å². The molecule has 0 saturated carbocycles. The lowest BCUT2D eigenvalue weighted by Gasteiger charge is -2.09. The van der Waals surface area contributed by atoms with Crippen LogP contribution in [0.3, 0.4) is 0 Å². The van der Waals surface area contributed by atoms with Gasteiger partial charge in [0.2, 0.25) is 0 Å². The van der Waals surface area contributed by atoms with Gasteiger partial charge in [0, 0.05) is 23.2 Å². The van der Waals surface area contributed by atoms with Crippen LogP contribution in [-0.4, -0.2) is 35.4 Å². The van der Waals surface area contributed by atoms with Crippen LogP contribution in [0.5, 0.6) is 0 Å². The minimum atomic E-state index is -3.98. The number of aliphatic hydroxyl groups excluding tert-OH is 1. The number of hydrogen-bond donors (Lipinski definition) is 1. The quantitative estimate of drug-likeness (QED) is 0.363. The van der Waals surface area contributed by atoms with E-state index < -0.39 is 27.5 Å². The van der Waals surface area contributed by atoms with Gasteiger partial charge < -0.3 is 9.84 Å². The first-order valence-electron chi connectivity index (χ1n) is 9.19. The Bertz CT molecular complexity index is 1250. The Labute approximate surface area is 174 Å². The van der Waals surface area contributed by atoms with E-state index in [-0.39, 0.29) is 27.6 Å². The van der Waals surface area contributed by atoms with Crippen LogP contribution in [0.2, 0.25) is 0 Å². The van der Waals surface area contributed by atoms with E-state index in [1.54, 1.807) is 32.0 Å². The Balaban J connectivity index is 2.27. The molecular weight excluding hydrogens is 406 g/mol. The summed E-state index contributed by atoms with van der Waals surface area (Å²) in [5.41, 5.74) is 0.556. The number of carbonyl (C=O) groups excluding carboxylic acids is 2. The number of benzene rings is 2. The summed E-state index contributed by atoms with van der Waals surface area (Å²) in [6.07, 6.45) is 1.90. The fourth-order valence-corrected chi connectivity index (χ4v) is 4.38. The van der Waals surface area contributed by atoms with Crippen LogP contribution in [0.15, 0.2) is 65.7 Å². The summed E-state index contributed by atoms with van der Waals surface area (Å²) in [6, 6.07) is 12.2. The van der Waals surface area contributed by atoms with E-state index in [4.69, 9.17) is 4.74 Å². The summed E-state index contributed by atoms with van der Waals surface area (Å²) >= 11 is 0. The topological polar surface area (TPSA) is 103 Å². The first-order chi connectivity index (χ1) is 14.1. The molecule has 156 valence electrons. The molecule has 30 heavy (non-hydrogen) atoms. The van der Waals surface area contributed by atoms with Gasteiger partial charge in [-0.1, -0.05) is 18.2 Å². The molecule has 0 fully saturated rings. The Morgan fingerprint density at radius 3 is 2.37 bits per heavy atom. The van der Waals surface area contributed by atoms with Crippen molar-refractivity contribution in [1.29, 1.82) is 0 Å². The van der Waals surface area contributed by atoms with Crippen LogP contribution < -0.4 is 0 Å². The van der Waals surface area contributed by atoms with Crippen molar-refractivity contribution >= 4 is 38.4 Å². The lowest BCUT2D eigenvalue weighted by Crippen LogP contribution is -2.12. The number of fused-ring (bicyclic) bond motifs is 1. The molecule has 3 aromatic rings. The number of ether oxygens (including phenoxy) is 1. The van der Waals surface area contributed by atoms with Crippen LogP contribution in [0.1, 0.15) is 36.7 Å². The highest BCUT2D eigenvalue weighted by atomic mass is 32.2. The molecule has 0 saturated heterocycles. The molecule has 3 rings (SSSR count). The van der Waals surface area contributed by atoms with Crippen LogP contribution in [-0.2, 0) is 19.6 Å². The molecule has 0 spiro atoms. The second-order valence-electron chi connectivity index (χ2n) is 6.98. The summed E-state index contributed by atoms with van der Waals surface area (Å²) in [6.45, 7) is 4.69. The van der Waals surface area contributed by atoms with E-state index >= 15 is 0 Å². The van der Waals surface area contributed by atoms with Crippen molar-refractivity contribution in [2.24, 2.45) is 0 Å². The molecule has 1 aromatic heterocycles. The lowest BCUT2D eigenvalue weighted by molar-refractivity contribution is -0.112. The first kappa shape index (κ1) is 21.3. The standard InChI is InChI=1S/C22H21NO6S/c1-14(2)29-22(26)16-9-10-20-18(12-16)19(21(25)11-15(3)24)13-23(20)30(27,28)17-7-5-4-6-8-17/h4-14,25H,1-3H3. The maximum Gasteiger partial charge on any atom is 0.338 e. The third-order valence-corrected chi connectivity index (χ3v) is 5.95. The minimum Gasteiger partial charge on any atom is -0.507 e. The summed E-state index contributed by atoms with van der Waals surface area (Å²) in [7, 11) is -3.98. The van der Waals surface area contributed by atoms with Crippen molar-refractivity contribution in [3.63, 3.8) is 0 Å². The normalized spacial score (nSPS) is 12.3. The largest absolute Gasteiger partial charge is 0.507 e. The molecule has 0 aliphatic carbocycles. The zero-order valence-corrected chi connectivity index (χ0v) is 17.5. The average Bonchev–Trinajstić information content (AvgIpc) is 3.07. The first-order valence-corrected chi connectivity index (χ1v) is 10.6. The van der Waals surface area contributed by atoms with E-state index in [0.717, 1.165) is 10.0 Å². The van der Waals surface area contributed by atoms with Crippen molar-refractivity contribution in [3.8, 4) is 0 Å². The van der Waals surface area contributed by atoms with Crippen molar-refractivity contribution in [2.45, 2.75) is 31.8 Å². The maximum atomic E-state index is 13.2. The molecule has 1 heterocycles. The Hall–Kier alpha value is -3.39. The van der Waals surface area contributed by atoms with Gasteiger partial charge in [0.25, 0.3) is 10.0 Å². The fraction of sp³-hybridized carbons (Fsp3) is 0.182. The van der Waals surface area contributed by atoms with Crippen molar-refractivity contribution in [3.05, 3.63) is 71.9 Å². The highest BCUT2D eigenvalue weighted by Gasteiger charge is 2.23. The monoisotopic (exact) mass is 427 g/mol. The summed E-state index contributed by atoms with van der Waals surface area (Å²) in [4.78, 5) is 23.8. The molecule has 0 unspecified atom stereocenters.